The molecule has 0 bridgehead atoms. The summed E-state index contributed by atoms with van der Waals surface area (Å²) in [5.74, 6) is 2.55. The summed E-state index contributed by atoms with van der Waals surface area (Å²) in [5, 5.41) is 3.68. The summed E-state index contributed by atoms with van der Waals surface area (Å²) in [6.45, 7) is 6.99. The zero-order valence-corrected chi connectivity index (χ0v) is 20.1. The van der Waals surface area contributed by atoms with Gasteiger partial charge in [-0.2, -0.15) is 0 Å². The van der Waals surface area contributed by atoms with Crippen molar-refractivity contribution in [1.29, 1.82) is 0 Å². The number of amides is 1. The van der Waals surface area contributed by atoms with E-state index in [1.807, 2.05) is 56.3 Å². The predicted molar refractivity (Wildman–Crippen MR) is 131 cm³/mol. The molecular weight excluding hydrogens is 450 g/mol. The fraction of sp³-hybridized carbons (Fsp3) is 0.280. The van der Waals surface area contributed by atoms with Crippen molar-refractivity contribution in [3.05, 3.63) is 65.7 Å². The van der Waals surface area contributed by atoms with E-state index in [0.29, 0.717) is 22.9 Å². The molecule has 0 radical (unpaired) electrons. The largest absolute Gasteiger partial charge is 0.485 e. The summed E-state index contributed by atoms with van der Waals surface area (Å²) in [6.07, 6.45) is -0.719. The smallest absolute Gasteiger partial charge is 0.269 e. The first-order valence-electron chi connectivity index (χ1n) is 11.1. The van der Waals surface area contributed by atoms with Gasteiger partial charge in [-0.1, -0.05) is 23.9 Å². The molecule has 0 spiro atoms. The van der Waals surface area contributed by atoms with Gasteiger partial charge in [0.1, 0.15) is 12.4 Å². The number of fused-ring (bicyclic) bond motifs is 2. The first-order valence-corrected chi connectivity index (χ1v) is 12.1. The Balaban J connectivity index is 1.31. The fourth-order valence-corrected chi connectivity index (χ4v) is 4.87. The van der Waals surface area contributed by atoms with E-state index in [0.717, 1.165) is 39.9 Å². The second-order valence-corrected chi connectivity index (χ2v) is 8.99. The first-order chi connectivity index (χ1) is 16.5. The van der Waals surface area contributed by atoms with E-state index in [1.54, 1.807) is 17.8 Å². The molecule has 34 heavy (non-hydrogen) atoms. The van der Waals surface area contributed by atoms with Crippen LogP contribution < -0.4 is 14.8 Å². The fourth-order valence-electron chi connectivity index (χ4n) is 3.98. The van der Waals surface area contributed by atoms with Crippen LogP contribution in [0.4, 0.5) is 5.69 Å². The Kier molecular flexibility index (Phi) is 6.10. The highest BCUT2D eigenvalue weighted by atomic mass is 32.2. The second-order valence-electron chi connectivity index (χ2n) is 8.05. The molecule has 0 aliphatic carbocycles. The zero-order valence-electron chi connectivity index (χ0n) is 19.2. The van der Waals surface area contributed by atoms with Gasteiger partial charge in [0.2, 0.25) is 6.10 Å². The molecule has 0 saturated heterocycles. The number of anilines is 1. The van der Waals surface area contributed by atoms with Crippen LogP contribution in [0.2, 0.25) is 0 Å². The number of ether oxygens (including phenoxy) is 2. The summed E-state index contributed by atoms with van der Waals surface area (Å²) < 4.78 is 13.6. The highest BCUT2D eigenvalue weighted by Gasteiger charge is 2.27. The number of carbonyl (C=O) groups is 1. The van der Waals surface area contributed by atoms with Crippen LogP contribution in [-0.4, -0.2) is 38.1 Å². The SMILES string of the molecule is CCn1c(CSc2nc(C)cc(C)n2)nc2cc(NC(=O)C3COc4ccccc4O3)ccc21. The van der Waals surface area contributed by atoms with Crippen LogP contribution in [0.5, 0.6) is 11.5 Å². The predicted octanol–water partition coefficient (Wildman–Crippen LogP) is 4.53. The molecule has 5 rings (SSSR count). The number of aryl methyl sites for hydroxylation is 3. The molecule has 8 nitrogen and oxygen atoms in total. The van der Waals surface area contributed by atoms with Gasteiger partial charge in [0, 0.05) is 23.6 Å². The Bertz CT molecular complexity index is 1350. The molecule has 0 fully saturated rings. The van der Waals surface area contributed by atoms with Crippen LogP contribution in [0.1, 0.15) is 24.1 Å². The number of hydrogen-bond donors (Lipinski definition) is 1. The summed E-state index contributed by atoms with van der Waals surface area (Å²) in [4.78, 5) is 26.6. The molecule has 174 valence electrons. The third-order valence-electron chi connectivity index (χ3n) is 5.50. The van der Waals surface area contributed by atoms with Gasteiger partial charge in [-0.25, -0.2) is 15.0 Å². The topological polar surface area (TPSA) is 91.2 Å². The van der Waals surface area contributed by atoms with Gasteiger partial charge in [0.25, 0.3) is 5.91 Å². The number of aromatic nitrogens is 4. The lowest BCUT2D eigenvalue weighted by Crippen LogP contribution is -2.40. The molecule has 1 atom stereocenters. The van der Waals surface area contributed by atoms with E-state index in [1.165, 1.54) is 0 Å². The molecule has 1 aliphatic rings. The van der Waals surface area contributed by atoms with Crippen LogP contribution in [-0.2, 0) is 17.1 Å². The first kappa shape index (κ1) is 22.2. The van der Waals surface area contributed by atoms with Gasteiger partial charge in [0.15, 0.2) is 16.7 Å². The molecule has 4 aromatic rings. The van der Waals surface area contributed by atoms with Crippen molar-refractivity contribution in [2.75, 3.05) is 11.9 Å². The lowest BCUT2D eigenvalue weighted by Gasteiger charge is -2.25. The minimum atomic E-state index is -0.719. The quantitative estimate of drug-likeness (QED) is 0.323. The third-order valence-corrected chi connectivity index (χ3v) is 6.35. The van der Waals surface area contributed by atoms with Crippen LogP contribution in [0, 0.1) is 13.8 Å². The third kappa shape index (κ3) is 4.56. The van der Waals surface area contributed by atoms with Crippen molar-refractivity contribution in [2.45, 2.75) is 44.3 Å². The van der Waals surface area contributed by atoms with Crippen LogP contribution in [0.25, 0.3) is 11.0 Å². The number of benzene rings is 2. The summed E-state index contributed by atoms with van der Waals surface area (Å²) in [6, 6.07) is 15.1. The monoisotopic (exact) mass is 475 g/mol. The van der Waals surface area contributed by atoms with Crippen molar-refractivity contribution >= 4 is 34.4 Å². The highest BCUT2D eigenvalue weighted by molar-refractivity contribution is 7.98. The number of rotatable bonds is 6. The average Bonchev–Trinajstić information content (AvgIpc) is 3.18. The second kappa shape index (κ2) is 9.34. The van der Waals surface area contributed by atoms with Gasteiger partial charge in [-0.15, -0.1) is 0 Å². The molecule has 2 aromatic carbocycles. The standard InChI is InChI=1S/C25H25N5O3S/c1-4-30-19-10-9-17(28-24(31)22-13-32-20-7-5-6-8-21(20)33-22)12-18(19)29-23(30)14-34-25-26-15(2)11-16(3)27-25/h5-12,22H,4,13-14H2,1-3H3,(H,28,31). The van der Waals surface area contributed by atoms with Crippen LogP contribution in [0.15, 0.2) is 53.7 Å². The summed E-state index contributed by atoms with van der Waals surface area (Å²) in [7, 11) is 0. The normalized spacial score (nSPS) is 14.9. The Morgan fingerprint density at radius 1 is 1.09 bits per heavy atom. The Hall–Kier alpha value is -3.59. The van der Waals surface area contributed by atoms with E-state index in [-0.39, 0.29) is 12.5 Å². The van der Waals surface area contributed by atoms with Gasteiger partial charge in [0.05, 0.1) is 16.8 Å². The maximum atomic E-state index is 12.8. The van der Waals surface area contributed by atoms with Crippen LogP contribution in [0.3, 0.4) is 0 Å². The minimum absolute atomic E-state index is 0.164. The molecule has 9 heteroatoms. The van der Waals surface area contributed by atoms with E-state index in [4.69, 9.17) is 14.5 Å². The molecule has 0 saturated carbocycles. The highest BCUT2D eigenvalue weighted by Crippen LogP contribution is 2.31. The number of carbonyl (C=O) groups excluding carboxylic acids is 1. The van der Waals surface area contributed by atoms with E-state index >= 15 is 0 Å². The maximum absolute atomic E-state index is 12.8. The molecule has 3 heterocycles. The minimum Gasteiger partial charge on any atom is -0.485 e. The van der Waals surface area contributed by atoms with E-state index in [9.17, 15) is 4.79 Å². The molecule has 2 aromatic heterocycles. The summed E-state index contributed by atoms with van der Waals surface area (Å²) in [5.41, 5.74) is 4.41. The van der Waals surface area contributed by atoms with E-state index < -0.39 is 6.10 Å². The Morgan fingerprint density at radius 3 is 2.62 bits per heavy atom. The van der Waals surface area contributed by atoms with Crippen molar-refractivity contribution in [3.8, 4) is 11.5 Å². The number of thioether (sulfide) groups is 1. The van der Waals surface area contributed by atoms with Gasteiger partial charge in [-0.05, 0) is 57.2 Å². The maximum Gasteiger partial charge on any atom is 0.269 e. The number of nitrogens with zero attached hydrogens (tertiary/aromatic N) is 4. The Labute approximate surface area is 201 Å². The zero-order chi connectivity index (χ0) is 23.7. The van der Waals surface area contributed by atoms with Crippen LogP contribution >= 0.6 is 11.8 Å². The molecule has 1 amide bonds. The lowest BCUT2D eigenvalue weighted by atomic mass is 10.2. The van der Waals surface area contributed by atoms with Crippen molar-refractivity contribution < 1.29 is 14.3 Å². The van der Waals surface area contributed by atoms with Crippen molar-refractivity contribution in [2.24, 2.45) is 0 Å². The lowest BCUT2D eigenvalue weighted by molar-refractivity contribution is -0.125. The van der Waals surface area contributed by atoms with Gasteiger partial charge < -0.3 is 19.4 Å². The summed E-state index contributed by atoms with van der Waals surface area (Å²) >= 11 is 1.57. The number of nitrogens with one attached hydrogen (secondary N) is 1. The number of para-hydroxylation sites is 2. The van der Waals surface area contributed by atoms with Gasteiger partial charge >= 0.3 is 0 Å². The number of hydrogen-bond acceptors (Lipinski definition) is 7. The molecule has 1 unspecified atom stereocenters. The number of imidazole rings is 1. The Morgan fingerprint density at radius 2 is 1.85 bits per heavy atom. The average molecular weight is 476 g/mol. The van der Waals surface area contributed by atoms with Crippen molar-refractivity contribution in [3.63, 3.8) is 0 Å². The molecule has 1 N–H and O–H groups in total. The van der Waals surface area contributed by atoms with Gasteiger partial charge in [-0.3, -0.25) is 4.79 Å². The molecule has 1 aliphatic heterocycles. The van der Waals surface area contributed by atoms with Crippen molar-refractivity contribution in [1.82, 2.24) is 19.5 Å². The molecular formula is C25H25N5O3S. The van der Waals surface area contributed by atoms with E-state index in [2.05, 4.69) is 26.8 Å².